The first-order valence-electron chi connectivity index (χ1n) is 10.7. The van der Waals surface area contributed by atoms with Crippen molar-refractivity contribution in [2.75, 3.05) is 24.7 Å². The number of halogens is 1. The average molecular weight is 410 g/mol. The number of ketones is 1. The van der Waals surface area contributed by atoms with E-state index in [9.17, 15) is 14.0 Å². The van der Waals surface area contributed by atoms with Crippen LogP contribution in [0.1, 0.15) is 49.1 Å². The van der Waals surface area contributed by atoms with E-state index in [0.717, 1.165) is 48.3 Å². The topological polar surface area (TPSA) is 59.5 Å². The average Bonchev–Trinajstić information content (AvgIpc) is 2.79. The van der Waals surface area contributed by atoms with Gasteiger partial charge in [0.25, 0.3) is 0 Å². The summed E-state index contributed by atoms with van der Waals surface area (Å²) in [7, 11) is 0. The highest BCUT2D eigenvalue weighted by Crippen LogP contribution is 2.31. The molecule has 0 spiro atoms. The van der Waals surface area contributed by atoms with Gasteiger partial charge in [-0.3, -0.25) is 14.6 Å². The summed E-state index contributed by atoms with van der Waals surface area (Å²) in [5, 5.41) is 0. The third kappa shape index (κ3) is 4.43. The number of ether oxygens (including phenoxy) is 1. The molecule has 0 N–H and O–H groups in total. The Labute approximate surface area is 176 Å². The number of amides is 1. The number of benzene rings is 1. The van der Waals surface area contributed by atoms with E-state index in [4.69, 9.17) is 9.72 Å². The quantitative estimate of drug-likeness (QED) is 0.751. The SMILES string of the molecule is CC(C(=O)Cc1ccc(F)cc1)c1ccc2c(n1)CCCN2C(=O)C1CCOCC1. The van der Waals surface area contributed by atoms with Crippen molar-refractivity contribution in [3.63, 3.8) is 0 Å². The molecule has 0 bridgehead atoms. The molecule has 0 aliphatic carbocycles. The summed E-state index contributed by atoms with van der Waals surface area (Å²) in [4.78, 5) is 32.4. The molecule has 158 valence electrons. The van der Waals surface area contributed by atoms with Gasteiger partial charge >= 0.3 is 0 Å². The molecule has 1 unspecified atom stereocenters. The standard InChI is InChI=1S/C24H27FN2O3/c1-16(23(28)15-17-4-6-19(25)7-5-17)20-8-9-22-21(26-20)3-2-12-27(22)24(29)18-10-13-30-14-11-18/h4-9,16,18H,2-3,10-15H2,1H3. The molecule has 1 atom stereocenters. The Morgan fingerprint density at radius 2 is 1.90 bits per heavy atom. The van der Waals surface area contributed by atoms with Crippen LogP contribution in [0.3, 0.4) is 0 Å². The fourth-order valence-electron chi connectivity index (χ4n) is 4.22. The van der Waals surface area contributed by atoms with Gasteiger partial charge in [-0.15, -0.1) is 0 Å². The fraction of sp³-hybridized carbons (Fsp3) is 0.458. The van der Waals surface area contributed by atoms with E-state index in [2.05, 4.69) is 0 Å². The number of aryl methyl sites for hydroxylation is 1. The second-order valence-corrected chi connectivity index (χ2v) is 8.17. The third-order valence-corrected chi connectivity index (χ3v) is 6.11. The van der Waals surface area contributed by atoms with E-state index in [-0.39, 0.29) is 35.8 Å². The van der Waals surface area contributed by atoms with Crippen LogP contribution in [-0.2, 0) is 27.2 Å². The minimum atomic E-state index is -0.359. The molecule has 1 aromatic carbocycles. The number of hydrogen-bond donors (Lipinski definition) is 0. The maximum absolute atomic E-state index is 13.1. The highest BCUT2D eigenvalue weighted by atomic mass is 19.1. The zero-order chi connectivity index (χ0) is 21.1. The van der Waals surface area contributed by atoms with Crippen molar-refractivity contribution in [2.45, 2.75) is 44.9 Å². The Bertz CT molecular complexity index is 923. The van der Waals surface area contributed by atoms with Crippen molar-refractivity contribution in [1.29, 1.82) is 0 Å². The predicted octanol–water partition coefficient (Wildman–Crippen LogP) is 3.84. The van der Waals surface area contributed by atoms with Gasteiger partial charge in [-0.1, -0.05) is 12.1 Å². The van der Waals surface area contributed by atoms with E-state index in [1.54, 1.807) is 12.1 Å². The van der Waals surface area contributed by atoms with Gasteiger partial charge in [0.1, 0.15) is 11.6 Å². The van der Waals surface area contributed by atoms with Crippen LogP contribution in [0.2, 0.25) is 0 Å². The highest BCUT2D eigenvalue weighted by molar-refractivity contribution is 5.96. The smallest absolute Gasteiger partial charge is 0.230 e. The molecule has 0 radical (unpaired) electrons. The second-order valence-electron chi connectivity index (χ2n) is 8.17. The molecule has 2 aliphatic heterocycles. The first kappa shape index (κ1) is 20.7. The number of carbonyl (C=O) groups is 2. The van der Waals surface area contributed by atoms with Gasteiger partial charge in [0.15, 0.2) is 0 Å². The molecule has 1 fully saturated rings. The lowest BCUT2D eigenvalue weighted by molar-refractivity contribution is -0.125. The molecule has 3 heterocycles. The largest absolute Gasteiger partial charge is 0.381 e. The second kappa shape index (κ2) is 9.04. The van der Waals surface area contributed by atoms with Crippen LogP contribution in [0, 0.1) is 11.7 Å². The Balaban J connectivity index is 1.49. The number of carbonyl (C=O) groups excluding carboxylic acids is 2. The third-order valence-electron chi connectivity index (χ3n) is 6.11. The Morgan fingerprint density at radius 3 is 2.63 bits per heavy atom. The lowest BCUT2D eigenvalue weighted by atomic mass is 9.94. The number of Topliss-reactive ketones (excluding diaryl/α,β-unsaturated/α-hetero) is 1. The fourth-order valence-corrected chi connectivity index (χ4v) is 4.22. The van der Waals surface area contributed by atoms with Crippen LogP contribution in [0.5, 0.6) is 0 Å². The lowest BCUT2D eigenvalue weighted by Gasteiger charge is -2.33. The molecular weight excluding hydrogens is 383 g/mol. The summed E-state index contributed by atoms with van der Waals surface area (Å²) in [6, 6.07) is 9.82. The Kier molecular flexibility index (Phi) is 6.23. The van der Waals surface area contributed by atoms with E-state index in [0.29, 0.717) is 19.8 Å². The van der Waals surface area contributed by atoms with Crippen molar-refractivity contribution >= 4 is 17.4 Å². The number of fused-ring (bicyclic) bond motifs is 1. The summed E-state index contributed by atoms with van der Waals surface area (Å²) in [6.45, 7) is 3.85. The van der Waals surface area contributed by atoms with Crippen LogP contribution < -0.4 is 4.90 Å². The zero-order valence-electron chi connectivity index (χ0n) is 17.3. The minimum Gasteiger partial charge on any atom is -0.381 e. The Morgan fingerprint density at radius 1 is 1.17 bits per heavy atom. The Hall–Kier alpha value is -2.60. The number of aromatic nitrogens is 1. The summed E-state index contributed by atoms with van der Waals surface area (Å²) in [5.41, 5.74) is 3.28. The number of pyridine rings is 1. The predicted molar refractivity (Wildman–Crippen MR) is 112 cm³/mol. The first-order valence-corrected chi connectivity index (χ1v) is 10.7. The highest BCUT2D eigenvalue weighted by Gasteiger charge is 2.31. The monoisotopic (exact) mass is 410 g/mol. The summed E-state index contributed by atoms with van der Waals surface area (Å²) in [6.07, 6.45) is 3.46. The van der Waals surface area contributed by atoms with Gasteiger partial charge in [0, 0.05) is 32.1 Å². The van der Waals surface area contributed by atoms with Crippen molar-refractivity contribution in [3.8, 4) is 0 Å². The molecule has 1 amide bonds. The van der Waals surface area contributed by atoms with Gasteiger partial charge in [-0.2, -0.15) is 0 Å². The summed E-state index contributed by atoms with van der Waals surface area (Å²) >= 11 is 0. The van der Waals surface area contributed by atoms with Crippen molar-refractivity contribution < 1.29 is 18.7 Å². The van der Waals surface area contributed by atoms with Gasteiger partial charge in [0.2, 0.25) is 5.91 Å². The molecular formula is C24H27FN2O3. The normalized spacial score (nSPS) is 18.0. The molecule has 1 saturated heterocycles. The maximum Gasteiger partial charge on any atom is 0.230 e. The van der Waals surface area contributed by atoms with Gasteiger partial charge < -0.3 is 9.64 Å². The van der Waals surface area contributed by atoms with Crippen molar-refractivity contribution in [1.82, 2.24) is 4.98 Å². The molecule has 4 rings (SSSR count). The molecule has 2 aliphatic rings. The molecule has 2 aromatic rings. The minimum absolute atomic E-state index is 0.0144. The van der Waals surface area contributed by atoms with E-state index in [1.807, 2.05) is 24.0 Å². The van der Waals surface area contributed by atoms with E-state index >= 15 is 0 Å². The number of nitrogens with zero attached hydrogens (tertiary/aromatic N) is 2. The van der Waals surface area contributed by atoms with Crippen molar-refractivity contribution in [3.05, 3.63) is 59.2 Å². The number of hydrogen-bond acceptors (Lipinski definition) is 4. The van der Waals surface area contributed by atoms with Gasteiger partial charge in [-0.05, 0) is 62.4 Å². The maximum atomic E-state index is 13.1. The van der Waals surface area contributed by atoms with Gasteiger partial charge in [0.05, 0.1) is 23.0 Å². The van der Waals surface area contributed by atoms with Crippen molar-refractivity contribution in [2.24, 2.45) is 5.92 Å². The lowest BCUT2D eigenvalue weighted by Crippen LogP contribution is -2.41. The first-order chi connectivity index (χ1) is 14.5. The summed E-state index contributed by atoms with van der Waals surface area (Å²) < 4.78 is 18.5. The van der Waals surface area contributed by atoms with E-state index < -0.39 is 0 Å². The number of anilines is 1. The van der Waals surface area contributed by atoms with E-state index in [1.165, 1.54) is 12.1 Å². The van der Waals surface area contributed by atoms with Crippen LogP contribution in [0.15, 0.2) is 36.4 Å². The van der Waals surface area contributed by atoms with Crippen LogP contribution in [0.4, 0.5) is 10.1 Å². The summed E-state index contributed by atoms with van der Waals surface area (Å²) in [5.74, 6) is -0.452. The zero-order valence-corrected chi connectivity index (χ0v) is 17.3. The molecule has 1 aromatic heterocycles. The van der Waals surface area contributed by atoms with Gasteiger partial charge in [-0.25, -0.2) is 4.39 Å². The van der Waals surface area contributed by atoms with Crippen LogP contribution in [-0.4, -0.2) is 36.4 Å². The molecule has 30 heavy (non-hydrogen) atoms. The molecule has 6 heteroatoms. The van der Waals surface area contributed by atoms with Crippen LogP contribution >= 0.6 is 0 Å². The number of rotatable bonds is 5. The molecule has 5 nitrogen and oxygen atoms in total. The van der Waals surface area contributed by atoms with Crippen LogP contribution in [0.25, 0.3) is 0 Å². The molecule has 0 saturated carbocycles.